The number of benzene rings is 1. The second-order valence-electron chi connectivity index (χ2n) is 5.29. The molecule has 2 aliphatic heterocycles. The normalized spacial score (nSPS) is 17.6. The van der Waals surface area contributed by atoms with E-state index in [1.807, 2.05) is 6.20 Å². The Morgan fingerprint density at radius 1 is 1.21 bits per heavy atom. The van der Waals surface area contributed by atoms with Crippen LogP contribution in [0.2, 0.25) is 0 Å². The second kappa shape index (κ2) is 4.30. The smallest absolute Gasteiger partial charge is 0.128 e. The molecule has 0 bridgehead atoms. The van der Waals surface area contributed by atoms with Gasteiger partial charge in [0.25, 0.3) is 0 Å². The molecule has 0 spiro atoms. The van der Waals surface area contributed by atoms with Gasteiger partial charge in [-0.05, 0) is 30.5 Å². The minimum absolute atomic E-state index is 0.920. The predicted octanol–water partition coefficient (Wildman–Crippen LogP) is 2.26. The van der Waals surface area contributed by atoms with Crippen LogP contribution in [-0.2, 0) is 19.5 Å². The fourth-order valence-electron chi connectivity index (χ4n) is 3.17. The van der Waals surface area contributed by atoms with E-state index in [-0.39, 0.29) is 0 Å². The van der Waals surface area contributed by atoms with Gasteiger partial charge >= 0.3 is 0 Å². The Hall–Kier alpha value is -1.97. The van der Waals surface area contributed by atoms with Gasteiger partial charge in [0.05, 0.1) is 6.54 Å². The van der Waals surface area contributed by atoms with Crippen LogP contribution in [-0.4, -0.2) is 22.6 Å². The third kappa shape index (κ3) is 1.79. The monoisotopic (exact) mass is 254 g/mol. The third-order valence-corrected chi connectivity index (χ3v) is 4.16. The standard InChI is InChI=1S/C15H18N4/c1-4-13-12(3-2-6-16-13)14(5-1)19-10-9-18-8-7-17-15(18)11-19/h1,4-5,7-8,16H,2-3,6,9-11H2. The molecule has 2 aliphatic rings. The van der Waals surface area contributed by atoms with Crippen LogP contribution < -0.4 is 10.2 Å². The summed E-state index contributed by atoms with van der Waals surface area (Å²) >= 11 is 0. The minimum Gasteiger partial charge on any atom is -0.385 e. The topological polar surface area (TPSA) is 33.1 Å². The number of aromatic nitrogens is 2. The molecule has 4 nitrogen and oxygen atoms in total. The van der Waals surface area contributed by atoms with Gasteiger partial charge in [-0.1, -0.05) is 6.07 Å². The van der Waals surface area contributed by atoms with Crippen molar-refractivity contribution >= 4 is 11.4 Å². The lowest BCUT2D eigenvalue weighted by Gasteiger charge is -2.33. The van der Waals surface area contributed by atoms with Gasteiger partial charge in [0, 0.05) is 43.4 Å². The molecule has 4 heteroatoms. The van der Waals surface area contributed by atoms with E-state index in [1.54, 1.807) is 0 Å². The van der Waals surface area contributed by atoms with Crippen LogP contribution in [0.15, 0.2) is 30.6 Å². The maximum Gasteiger partial charge on any atom is 0.128 e. The number of rotatable bonds is 1. The predicted molar refractivity (Wildman–Crippen MR) is 76.5 cm³/mol. The number of fused-ring (bicyclic) bond motifs is 2. The van der Waals surface area contributed by atoms with E-state index >= 15 is 0 Å². The van der Waals surface area contributed by atoms with Gasteiger partial charge in [-0.2, -0.15) is 0 Å². The Morgan fingerprint density at radius 2 is 2.21 bits per heavy atom. The molecule has 3 heterocycles. The molecular formula is C15H18N4. The van der Waals surface area contributed by atoms with Gasteiger partial charge in [0.2, 0.25) is 0 Å². The van der Waals surface area contributed by atoms with Crippen molar-refractivity contribution in [3.63, 3.8) is 0 Å². The summed E-state index contributed by atoms with van der Waals surface area (Å²) in [6.45, 7) is 4.12. The van der Waals surface area contributed by atoms with Gasteiger partial charge in [-0.3, -0.25) is 0 Å². The molecule has 0 unspecified atom stereocenters. The van der Waals surface area contributed by atoms with Crippen molar-refractivity contribution in [3.8, 4) is 0 Å². The van der Waals surface area contributed by atoms with Crippen LogP contribution in [0.3, 0.4) is 0 Å². The Labute approximate surface area is 113 Å². The summed E-state index contributed by atoms with van der Waals surface area (Å²) in [4.78, 5) is 6.92. The summed E-state index contributed by atoms with van der Waals surface area (Å²) in [7, 11) is 0. The fourth-order valence-corrected chi connectivity index (χ4v) is 3.17. The van der Waals surface area contributed by atoms with Crippen molar-refractivity contribution in [1.82, 2.24) is 9.55 Å². The van der Waals surface area contributed by atoms with Gasteiger partial charge in [-0.25, -0.2) is 4.98 Å². The van der Waals surface area contributed by atoms with Crippen LogP contribution in [0.1, 0.15) is 17.8 Å². The molecule has 0 saturated carbocycles. The van der Waals surface area contributed by atoms with E-state index in [0.717, 1.165) is 26.2 Å². The molecular weight excluding hydrogens is 236 g/mol. The summed E-state index contributed by atoms with van der Waals surface area (Å²) in [5.41, 5.74) is 4.19. The molecule has 0 radical (unpaired) electrons. The highest BCUT2D eigenvalue weighted by Gasteiger charge is 2.21. The second-order valence-corrected chi connectivity index (χ2v) is 5.29. The SMILES string of the molecule is c1cc2c(c(N3CCn4ccnc4C3)c1)CCCN2. The van der Waals surface area contributed by atoms with E-state index in [0.29, 0.717) is 0 Å². The first-order chi connectivity index (χ1) is 9.42. The summed E-state index contributed by atoms with van der Waals surface area (Å²) in [5, 5.41) is 3.51. The number of anilines is 2. The molecule has 0 fully saturated rings. The third-order valence-electron chi connectivity index (χ3n) is 4.16. The molecule has 98 valence electrons. The van der Waals surface area contributed by atoms with Gasteiger partial charge in [0.15, 0.2) is 0 Å². The van der Waals surface area contributed by atoms with Crippen molar-refractivity contribution < 1.29 is 0 Å². The zero-order valence-electron chi connectivity index (χ0n) is 11.0. The summed E-state index contributed by atoms with van der Waals surface area (Å²) in [5.74, 6) is 1.17. The number of nitrogens with zero attached hydrogens (tertiary/aromatic N) is 3. The van der Waals surface area contributed by atoms with Crippen molar-refractivity contribution in [2.45, 2.75) is 25.9 Å². The summed E-state index contributed by atoms with van der Waals surface area (Å²) in [6.07, 6.45) is 6.39. The van der Waals surface area contributed by atoms with E-state index < -0.39 is 0 Å². The molecule has 0 amide bonds. The van der Waals surface area contributed by atoms with Gasteiger partial charge in [0.1, 0.15) is 5.82 Å². The average Bonchev–Trinajstić information content (AvgIpc) is 2.94. The largest absolute Gasteiger partial charge is 0.385 e. The number of hydrogen-bond donors (Lipinski definition) is 1. The highest BCUT2D eigenvalue weighted by Crippen LogP contribution is 2.33. The first kappa shape index (κ1) is 10.9. The number of hydrogen-bond acceptors (Lipinski definition) is 3. The first-order valence-electron chi connectivity index (χ1n) is 7.02. The maximum absolute atomic E-state index is 4.45. The minimum atomic E-state index is 0.920. The molecule has 1 aromatic heterocycles. The zero-order valence-corrected chi connectivity index (χ0v) is 11.0. The molecule has 0 atom stereocenters. The van der Waals surface area contributed by atoms with Crippen LogP contribution >= 0.6 is 0 Å². The summed E-state index contributed by atoms with van der Waals surface area (Å²) < 4.78 is 2.25. The fraction of sp³-hybridized carbons (Fsp3) is 0.400. The quantitative estimate of drug-likeness (QED) is 0.847. The van der Waals surface area contributed by atoms with E-state index in [2.05, 4.69) is 44.2 Å². The zero-order chi connectivity index (χ0) is 12.7. The Morgan fingerprint density at radius 3 is 3.21 bits per heavy atom. The van der Waals surface area contributed by atoms with Crippen LogP contribution in [0, 0.1) is 0 Å². The van der Waals surface area contributed by atoms with Crippen molar-refractivity contribution in [1.29, 1.82) is 0 Å². The van der Waals surface area contributed by atoms with E-state index in [1.165, 1.54) is 35.6 Å². The van der Waals surface area contributed by atoms with Crippen molar-refractivity contribution in [2.24, 2.45) is 0 Å². The highest BCUT2D eigenvalue weighted by molar-refractivity contribution is 5.68. The van der Waals surface area contributed by atoms with E-state index in [9.17, 15) is 0 Å². The van der Waals surface area contributed by atoms with Gasteiger partial charge in [-0.15, -0.1) is 0 Å². The van der Waals surface area contributed by atoms with Crippen molar-refractivity contribution in [2.75, 3.05) is 23.3 Å². The number of imidazole rings is 1. The molecule has 1 N–H and O–H groups in total. The molecule has 1 aromatic carbocycles. The molecule has 0 aliphatic carbocycles. The molecule has 2 aromatic rings. The Balaban J connectivity index is 1.70. The molecule has 4 rings (SSSR count). The van der Waals surface area contributed by atoms with Crippen LogP contribution in [0.25, 0.3) is 0 Å². The Kier molecular flexibility index (Phi) is 2.47. The van der Waals surface area contributed by atoms with Crippen molar-refractivity contribution in [3.05, 3.63) is 42.0 Å². The molecule has 19 heavy (non-hydrogen) atoms. The summed E-state index contributed by atoms with van der Waals surface area (Å²) in [6, 6.07) is 6.61. The lowest BCUT2D eigenvalue weighted by atomic mass is 10.0. The lowest BCUT2D eigenvalue weighted by molar-refractivity contribution is 0.558. The van der Waals surface area contributed by atoms with Crippen LogP contribution in [0.4, 0.5) is 11.4 Å². The first-order valence-corrected chi connectivity index (χ1v) is 7.02. The molecule has 0 saturated heterocycles. The highest BCUT2D eigenvalue weighted by atomic mass is 15.2. The number of nitrogens with one attached hydrogen (secondary N) is 1. The van der Waals surface area contributed by atoms with Crippen LogP contribution in [0.5, 0.6) is 0 Å². The van der Waals surface area contributed by atoms with Gasteiger partial charge < -0.3 is 14.8 Å². The van der Waals surface area contributed by atoms with E-state index in [4.69, 9.17) is 0 Å². The lowest BCUT2D eigenvalue weighted by Crippen LogP contribution is -2.34. The maximum atomic E-state index is 4.45. The Bertz CT molecular complexity index is 602. The average molecular weight is 254 g/mol.